The van der Waals surface area contributed by atoms with E-state index in [1.807, 2.05) is 0 Å². The highest BCUT2D eigenvalue weighted by Crippen LogP contribution is 2.31. The minimum atomic E-state index is -4.53. The van der Waals surface area contributed by atoms with Gasteiger partial charge in [-0.1, -0.05) is 12.1 Å². The van der Waals surface area contributed by atoms with E-state index in [0.29, 0.717) is 23.1 Å². The molecule has 5 nitrogen and oxygen atoms in total. The molecular weight excluding hydrogens is 380 g/mol. The molecule has 0 amide bonds. The van der Waals surface area contributed by atoms with Gasteiger partial charge in [0.25, 0.3) is 0 Å². The van der Waals surface area contributed by atoms with Crippen molar-refractivity contribution < 1.29 is 32.2 Å². The summed E-state index contributed by atoms with van der Waals surface area (Å²) in [6.07, 6.45) is -3.24. The van der Waals surface area contributed by atoms with Crippen LogP contribution in [-0.4, -0.2) is 33.6 Å². The first-order valence-corrected chi connectivity index (χ1v) is 9.33. The zero-order chi connectivity index (χ0) is 20.3. The third-order valence-electron chi connectivity index (χ3n) is 5.03. The standard InChI is InChI=1S/C19H22F4N2O3/c20-17-16-12(5-3-7-13(18(26)27)11-19(21,22)23)6-4-8-14(16)25(24-17)15-9-1-2-10-28-15/h4,6,8,13,15H,1-3,5,7,9-11H2,(H,26,27). The Morgan fingerprint density at radius 2 is 2.14 bits per heavy atom. The van der Waals surface area contributed by atoms with Gasteiger partial charge in [-0.25, -0.2) is 4.68 Å². The molecule has 0 radical (unpaired) electrons. The minimum Gasteiger partial charge on any atom is -0.481 e. The Morgan fingerprint density at radius 3 is 2.79 bits per heavy atom. The van der Waals surface area contributed by atoms with Gasteiger partial charge in [-0.3, -0.25) is 4.79 Å². The molecule has 28 heavy (non-hydrogen) atoms. The second kappa shape index (κ2) is 8.46. The number of ether oxygens (including phenoxy) is 1. The van der Waals surface area contributed by atoms with Crippen LogP contribution in [-0.2, 0) is 16.0 Å². The van der Waals surface area contributed by atoms with Crippen molar-refractivity contribution in [2.45, 2.75) is 57.3 Å². The number of alkyl halides is 3. The second-order valence-corrected chi connectivity index (χ2v) is 7.11. The first-order chi connectivity index (χ1) is 13.3. The Kier molecular flexibility index (Phi) is 6.22. The number of rotatable bonds is 7. The number of hydrogen-bond donors (Lipinski definition) is 1. The van der Waals surface area contributed by atoms with Gasteiger partial charge in [0.15, 0.2) is 6.23 Å². The molecule has 9 heteroatoms. The van der Waals surface area contributed by atoms with E-state index in [1.54, 1.807) is 18.2 Å². The van der Waals surface area contributed by atoms with Gasteiger partial charge in [0.1, 0.15) is 0 Å². The molecule has 1 saturated heterocycles. The number of aryl methyl sites for hydroxylation is 1. The molecule has 2 atom stereocenters. The summed E-state index contributed by atoms with van der Waals surface area (Å²) in [5.74, 6) is -3.61. The topological polar surface area (TPSA) is 64.3 Å². The van der Waals surface area contributed by atoms with Crippen molar-refractivity contribution in [2.24, 2.45) is 5.92 Å². The van der Waals surface area contributed by atoms with E-state index in [9.17, 15) is 22.4 Å². The van der Waals surface area contributed by atoms with Crippen molar-refractivity contribution >= 4 is 16.9 Å². The number of carboxylic acids is 1. The summed E-state index contributed by atoms with van der Waals surface area (Å²) in [6, 6.07) is 5.16. The van der Waals surface area contributed by atoms with Crippen LogP contribution in [0.25, 0.3) is 10.9 Å². The normalized spacial score (nSPS) is 19.1. The molecule has 1 aliphatic heterocycles. The second-order valence-electron chi connectivity index (χ2n) is 7.11. The zero-order valence-corrected chi connectivity index (χ0v) is 15.2. The zero-order valence-electron chi connectivity index (χ0n) is 15.2. The van der Waals surface area contributed by atoms with Crippen LogP contribution in [0.2, 0.25) is 0 Å². The number of benzene rings is 1. The molecule has 1 aliphatic rings. The van der Waals surface area contributed by atoms with Crippen LogP contribution in [0.3, 0.4) is 0 Å². The maximum absolute atomic E-state index is 14.5. The van der Waals surface area contributed by atoms with E-state index in [2.05, 4.69) is 5.10 Å². The predicted octanol–water partition coefficient (Wildman–Crippen LogP) is 4.85. The molecule has 0 aliphatic carbocycles. The highest BCUT2D eigenvalue weighted by atomic mass is 19.4. The third-order valence-corrected chi connectivity index (χ3v) is 5.03. The van der Waals surface area contributed by atoms with E-state index in [-0.39, 0.29) is 25.5 Å². The van der Waals surface area contributed by atoms with E-state index >= 15 is 0 Å². The molecule has 154 valence electrons. The fourth-order valence-corrected chi connectivity index (χ4v) is 3.69. The Labute approximate surface area is 159 Å². The van der Waals surface area contributed by atoms with Crippen molar-refractivity contribution in [3.63, 3.8) is 0 Å². The van der Waals surface area contributed by atoms with Gasteiger partial charge in [0.05, 0.1) is 23.2 Å². The molecule has 2 unspecified atom stereocenters. The molecule has 0 saturated carbocycles. The van der Waals surface area contributed by atoms with Crippen LogP contribution in [0.5, 0.6) is 0 Å². The molecule has 2 heterocycles. The third kappa shape index (κ3) is 4.81. The number of aromatic nitrogens is 2. The van der Waals surface area contributed by atoms with E-state index in [1.165, 1.54) is 4.68 Å². The molecule has 1 fully saturated rings. The number of fused-ring (bicyclic) bond motifs is 1. The van der Waals surface area contributed by atoms with Gasteiger partial charge in [-0.05, 0) is 50.2 Å². The van der Waals surface area contributed by atoms with E-state index in [4.69, 9.17) is 9.84 Å². The first-order valence-electron chi connectivity index (χ1n) is 9.33. The summed E-state index contributed by atoms with van der Waals surface area (Å²) in [6.45, 7) is 0.586. The van der Waals surface area contributed by atoms with E-state index in [0.717, 1.165) is 19.3 Å². The number of halogens is 4. The highest BCUT2D eigenvalue weighted by molar-refractivity contribution is 5.83. The first kappa shape index (κ1) is 20.6. The number of hydrogen-bond acceptors (Lipinski definition) is 3. The van der Waals surface area contributed by atoms with Crippen molar-refractivity contribution in [2.75, 3.05) is 6.61 Å². The Balaban J connectivity index is 1.74. The smallest absolute Gasteiger partial charge is 0.389 e. The van der Waals surface area contributed by atoms with Gasteiger partial charge < -0.3 is 9.84 Å². The van der Waals surface area contributed by atoms with Crippen LogP contribution < -0.4 is 0 Å². The average Bonchev–Trinajstić information content (AvgIpc) is 2.98. The largest absolute Gasteiger partial charge is 0.481 e. The highest BCUT2D eigenvalue weighted by Gasteiger charge is 2.35. The summed E-state index contributed by atoms with van der Waals surface area (Å²) in [7, 11) is 0. The molecule has 1 aromatic heterocycles. The molecular formula is C19H22F4N2O3. The fraction of sp³-hybridized carbons (Fsp3) is 0.579. The molecule has 0 spiro atoms. The van der Waals surface area contributed by atoms with Gasteiger partial charge in [-0.2, -0.15) is 17.6 Å². The van der Waals surface area contributed by atoms with E-state index < -0.39 is 30.4 Å². The monoisotopic (exact) mass is 402 g/mol. The number of carboxylic acid groups (broad SMARTS) is 1. The summed E-state index contributed by atoms with van der Waals surface area (Å²) in [5.41, 5.74) is 1.18. The Morgan fingerprint density at radius 1 is 1.36 bits per heavy atom. The summed E-state index contributed by atoms with van der Waals surface area (Å²) < 4.78 is 59.3. The number of carbonyl (C=O) groups is 1. The molecule has 3 rings (SSSR count). The van der Waals surface area contributed by atoms with Gasteiger partial charge in [0.2, 0.25) is 5.95 Å². The fourth-order valence-electron chi connectivity index (χ4n) is 3.69. The quantitative estimate of drug-likeness (QED) is 0.673. The van der Waals surface area contributed by atoms with Gasteiger partial charge in [0, 0.05) is 6.61 Å². The summed E-state index contributed by atoms with van der Waals surface area (Å²) in [4.78, 5) is 11.1. The van der Waals surface area contributed by atoms with Crippen molar-refractivity contribution in [3.05, 3.63) is 29.7 Å². The van der Waals surface area contributed by atoms with Crippen LogP contribution in [0.4, 0.5) is 17.6 Å². The Hall–Kier alpha value is -2.16. The van der Waals surface area contributed by atoms with Gasteiger partial charge in [-0.15, -0.1) is 5.10 Å². The van der Waals surface area contributed by atoms with Crippen LogP contribution in [0.15, 0.2) is 18.2 Å². The minimum absolute atomic E-state index is 0.132. The van der Waals surface area contributed by atoms with Crippen molar-refractivity contribution in [3.8, 4) is 0 Å². The lowest BCUT2D eigenvalue weighted by Crippen LogP contribution is -2.22. The van der Waals surface area contributed by atoms with Crippen molar-refractivity contribution in [1.82, 2.24) is 9.78 Å². The summed E-state index contributed by atoms with van der Waals surface area (Å²) in [5, 5.41) is 13.3. The maximum Gasteiger partial charge on any atom is 0.389 e. The SMILES string of the molecule is O=C(O)C(CCCc1cccc2c1c(F)nn2C1CCCCO1)CC(F)(F)F. The lowest BCUT2D eigenvalue weighted by atomic mass is 9.95. The lowest BCUT2D eigenvalue weighted by molar-refractivity contribution is -0.164. The number of nitrogens with zero attached hydrogens (tertiary/aromatic N) is 2. The van der Waals surface area contributed by atoms with Crippen molar-refractivity contribution in [1.29, 1.82) is 0 Å². The predicted molar refractivity (Wildman–Crippen MR) is 93.3 cm³/mol. The van der Waals surface area contributed by atoms with Crippen LogP contribution in [0, 0.1) is 11.9 Å². The maximum atomic E-state index is 14.5. The molecule has 0 bridgehead atoms. The molecule has 2 aromatic rings. The Bertz CT molecular complexity index is 828. The lowest BCUT2D eigenvalue weighted by Gasteiger charge is -2.23. The summed E-state index contributed by atoms with van der Waals surface area (Å²) >= 11 is 0. The number of aliphatic carboxylic acids is 1. The van der Waals surface area contributed by atoms with Gasteiger partial charge >= 0.3 is 12.1 Å². The molecule has 1 aromatic carbocycles. The molecule has 1 N–H and O–H groups in total. The van der Waals surface area contributed by atoms with Crippen LogP contribution in [0.1, 0.15) is 50.3 Å². The van der Waals surface area contributed by atoms with Crippen LogP contribution >= 0.6 is 0 Å². The average molecular weight is 402 g/mol.